The first kappa shape index (κ1) is 19.4. The summed E-state index contributed by atoms with van der Waals surface area (Å²) >= 11 is 3.64. The number of likely N-dealkylation sites (N-methyl/N-ethyl adjacent to an activating group) is 1. The largest absolute Gasteiger partial charge is 0.379 e. The molecule has 1 unspecified atom stereocenters. The topological polar surface area (TPSA) is 40.1 Å². The van der Waals surface area contributed by atoms with Gasteiger partial charge in [0.25, 0.3) is 0 Å². The van der Waals surface area contributed by atoms with Crippen molar-refractivity contribution in [2.45, 2.75) is 12.5 Å². The molecule has 0 amide bonds. The van der Waals surface area contributed by atoms with Gasteiger partial charge < -0.3 is 15.0 Å². The van der Waals surface area contributed by atoms with Crippen LogP contribution in [0.3, 0.4) is 0 Å². The molecule has 0 bridgehead atoms. The van der Waals surface area contributed by atoms with Crippen LogP contribution >= 0.6 is 22.7 Å². The van der Waals surface area contributed by atoms with Crippen LogP contribution in [0.2, 0.25) is 0 Å². The average molecular weight is 393 g/mol. The van der Waals surface area contributed by atoms with Crippen molar-refractivity contribution in [2.24, 2.45) is 4.99 Å². The van der Waals surface area contributed by atoms with E-state index >= 15 is 0 Å². The predicted molar refractivity (Wildman–Crippen MR) is 111 cm³/mol. The Hall–Kier alpha value is -1.41. The van der Waals surface area contributed by atoms with Gasteiger partial charge in [-0.2, -0.15) is 0 Å². The predicted octanol–water partition coefficient (Wildman–Crippen LogP) is 2.93. The standard InChI is InChI=1S/C19H28N4OS2/c1-20-19(22(2)8-7-16-5-3-13-25-16)21-15-17(18-6-4-14-26-18)23-9-11-24-12-10-23/h3-6,13-14,17H,7-12,15H2,1-2H3,(H,20,21). The van der Waals surface area contributed by atoms with E-state index in [1.807, 2.05) is 29.7 Å². The van der Waals surface area contributed by atoms with Gasteiger partial charge in [-0.3, -0.25) is 9.89 Å². The molecule has 0 aromatic carbocycles. The van der Waals surface area contributed by atoms with E-state index in [9.17, 15) is 0 Å². The third kappa shape index (κ3) is 5.30. The highest BCUT2D eigenvalue weighted by Crippen LogP contribution is 2.25. The molecule has 1 aliphatic rings. The van der Waals surface area contributed by atoms with E-state index in [0.717, 1.165) is 51.8 Å². The lowest BCUT2D eigenvalue weighted by molar-refractivity contribution is 0.0176. The van der Waals surface area contributed by atoms with Crippen LogP contribution < -0.4 is 5.32 Å². The molecule has 1 aliphatic heterocycles. The Morgan fingerprint density at radius 1 is 1.27 bits per heavy atom. The summed E-state index contributed by atoms with van der Waals surface area (Å²) in [6.45, 7) is 5.42. The molecule has 1 fully saturated rings. The van der Waals surface area contributed by atoms with Crippen molar-refractivity contribution in [3.63, 3.8) is 0 Å². The van der Waals surface area contributed by atoms with Crippen molar-refractivity contribution < 1.29 is 4.74 Å². The summed E-state index contributed by atoms with van der Waals surface area (Å²) in [6.07, 6.45) is 1.05. The van der Waals surface area contributed by atoms with Crippen LogP contribution in [0, 0.1) is 0 Å². The number of rotatable bonds is 7. The number of ether oxygens (including phenoxy) is 1. The molecule has 1 atom stereocenters. The van der Waals surface area contributed by atoms with Crippen molar-refractivity contribution in [3.05, 3.63) is 44.8 Å². The lowest BCUT2D eigenvalue weighted by Gasteiger charge is -2.35. The fourth-order valence-corrected chi connectivity index (χ4v) is 4.75. The van der Waals surface area contributed by atoms with Crippen molar-refractivity contribution in [1.29, 1.82) is 0 Å². The SMILES string of the molecule is CN=C(NCC(c1cccs1)N1CCOCC1)N(C)CCc1cccs1. The van der Waals surface area contributed by atoms with Gasteiger partial charge in [0.15, 0.2) is 5.96 Å². The number of guanidine groups is 1. The summed E-state index contributed by atoms with van der Waals surface area (Å²) in [6, 6.07) is 9.04. The molecule has 0 spiro atoms. The van der Waals surface area contributed by atoms with Gasteiger partial charge in [0.1, 0.15) is 0 Å². The lowest BCUT2D eigenvalue weighted by Crippen LogP contribution is -2.46. The zero-order valence-electron chi connectivity index (χ0n) is 15.6. The number of hydrogen-bond donors (Lipinski definition) is 1. The van der Waals surface area contributed by atoms with Crippen LogP contribution in [0.5, 0.6) is 0 Å². The Balaban J connectivity index is 1.57. The zero-order valence-corrected chi connectivity index (χ0v) is 17.2. The number of morpholine rings is 1. The lowest BCUT2D eigenvalue weighted by atomic mass is 10.2. The molecule has 7 heteroatoms. The van der Waals surface area contributed by atoms with Crippen LogP contribution in [-0.4, -0.2) is 69.2 Å². The van der Waals surface area contributed by atoms with E-state index in [1.54, 1.807) is 0 Å². The molecule has 1 saturated heterocycles. The number of nitrogens with zero attached hydrogens (tertiary/aromatic N) is 3. The first-order valence-electron chi connectivity index (χ1n) is 9.07. The highest BCUT2D eigenvalue weighted by Gasteiger charge is 2.24. The fourth-order valence-electron chi connectivity index (χ4n) is 3.19. The summed E-state index contributed by atoms with van der Waals surface area (Å²) in [5, 5.41) is 7.88. The number of aliphatic imine (C=N–C) groups is 1. The molecule has 0 saturated carbocycles. The van der Waals surface area contributed by atoms with Gasteiger partial charge in [-0.25, -0.2) is 0 Å². The fraction of sp³-hybridized carbons (Fsp3) is 0.526. The van der Waals surface area contributed by atoms with E-state index in [0.29, 0.717) is 6.04 Å². The molecule has 1 N–H and O–H groups in total. The maximum atomic E-state index is 5.53. The van der Waals surface area contributed by atoms with Crippen molar-refractivity contribution >= 4 is 28.6 Å². The van der Waals surface area contributed by atoms with Crippen LogP contribution in [0.4, 0.5) is 0 Å². The Morgan fingerprint density at radius 3 is 2.69 bits per heavy atom. The highest BCUT2D eigenvalue weighted by molar-refractivity contribution is 7.10. The number of hydrogen-bond acceptors (Lipinski definition) is 5. The molecule has 26 heavy (non-hydrogen) atoms. The van der Waals surface area contributed by atoms with Crippen molar-refractivity contribution in [2.75, 3.05) is 53.5 Å². The van der Waals surface area contributed by atoms with Crippen LogP contribution in [0.15, 0.2) is 40.0 Å². The third-order valence-electron chi connectivity index (χ3n) is 4.66. The van der Waals surface area contributed by atoms with Crippen LogP contribution in [-0.2, 0) is 11.2 Å². The van der Waals surface area contributed by atoms with E-state index in [1.165, 1.54) is 9.75 Å². The molecule has 0 radical (unpaired) electrons. The van der Waals surface area contributed by atoms with E-state index in [-0.39, 0.29) is 0 Å². The number of thiophene rings is 2. The van der Waals surface area contributed by atoms with Gasteiger partial charge >= 0.3 is 0 Å². The molecule has 2 aromatic rings. The monoisotopic (exact) mass is 392 g/mol. The molecule has 5 nitrogen and oxygen atoms in total. The van der Waals surface area contributed by atoms with Crippen LogP contribution in [0.1, 0.15) is 15.8 Å². The Bertz CT molecular complexity index is 651. The maximum Gasteiger partial charge on any atom is 0.193 e. The minimum absolute atomic E-state index is 0.362. The Kier molecular flexibility index (Phi) is 7.49. The van der Waals surface area contributed by atoms with Gasteiger partial charge in [0.2, 0.25) is 0 Å². The van der Waals surface area contributed by atoms with Gasteiger partial charge in [-0.15, -0.1) is 22.7 Å². The van der Waals surface area contributed by atoms with Gasteiger partial charge in [-0.05, 0) is 29.3 Å². The molecule has 3 rings (SSSR count). The smallest absolute Gasteiger partial charge is 0.193 e. The average Bonchev–Trinajstić information content (AvgIpc) is 3.38. The molecular weight excluding hydrogens is 364 g/mol. The summed E-state index contributed by atoms with van der Waals surface area (Å²) in [5.41, 5.74) is 0. The minimum Gasteiger partial charge on any atom is -0.379 e. The minimum atomic E-state index is 0.362. The van der Waals surface area contributed by atoms with Crippen LogP contribution in [0.25, 0.3) is 0 Å². The van der Waals surface area contributed by atoms with Gasteiger partial charge in [-0.1, -0.05) is 12.1 Å². The normalized spacial score (nSPS) is 17.2. The second-order valence-electron chi connectivity index (χ2n) is 6.36. The summed E-state index contributed by atoms with van der Waals surface area (Å²) < 4.78 is 5.53. The Labute approximate surface area is 164 Å². The summed E-state index contributed by atoms with van der Waals surface area (Å²) in [7, 11) is 3.97. The van der Waals surface area contributed by atoms with Gasteiger partial charge in [0, 0.05) is 50.0 Å². The second-order valence-corrected chi connectivity index (χ2v) is 8.37. The van der Waals surface area contributed by atoms with E-state index in [4.69, 9.17) is 4.74 Å². The Morgan fingerprint density at radius 2 is 2.04 bits per heavy atom. The molecule has 3 heterocycles. The highest BCUT2D eigenvalue weighted by atomic mass is 32.1. The molecule has 142 valence electrons. The summed E-state index contributed by atoms with van der Waals surface area (Å²) in [5.74, 6) is 0.955. The quantitative estimate of drug-likeness (QED) is 0.581. The summed E-state index contributed by atoms with van der Waals surface area (Å²) in [4.78, 5) is 12.0. The maximum absolute atomic E-state index is 5.53. The molecule has 2 aromatic heterocycles. The zero-order chi connectivity index (χ0) is 18.2. The second kappa shape index (κ2) is 10.1. The first-order chi connectivity index (χ1) is 12.8. The first-order valence-corrected chi connectivity index (χ1v) is 10.8. The molecule has 0 aliphatic carbocycles. The van der Waals surface area contributed by atoms with Crippen molar-refractivity contribution in [1.82, 2.24) is 15.1 Å². The third-order valence-corrected chi connectivity index (χ3v) is 6.57. The number of nitrogens with one attached hydrogen (secondary N) is 1. The van der Waals surface area contributed by atoms with E-state index in [2.05, 4.69) is 62.2 Å². The van der Waals surface area contributed by atoms with Crippen molar-refractivity contribution in [3.8, 4) is 0 Å². The van der Waals surface area contributed by atoms with Gasteiger partial charge in [0.05, 0.1) is 19.3 Å². The van der Waals surface area contributed by atoms with E-state index < -0.39 is 0 Å². The molecular formula is C19H28N4OS2.